The molecule has 0 atom stereocenters. The first-order chi connectivity index (χ1) is 12.8. The molecule has 4 heterocycles. The first-order valence-corrected chi connectivity index (χ1v) is 8.67. The van der Waals surface area contributed by atoms with Crippen molar-refractivity contribution >= 4 is 28.3 Å². The topological polar surface area (TPSA) is 86.7 Å². The number of fused-ring (bicyclic) bond motifs is 2. The van der Waals surface area contributed by atoms with Crippen molar-refractivity contribution in [2.75, 3.05) is 0 Å². The quantitative estimate of drug-likeness (QED) is 0.489. The average Bonchev–Trinajstić information content (AvgIpc) is 3.28. The van der Waals surface area contributed by atoms with E-state index in [0.717, 1.165) is 27.1 Å². The molecule has 0 amide bonds. The molecule has 0 saturated carbocycles. The minimum atomic E-state index is 0.696. The molecule has 0 bridgehead atoms. The third kappa shape index (κ3) is 2.58. The lowest BCUT2D eigenvalue weighted by atomic mass is 10.2. The largest absolute Gasteiger partial charge is 0.275 e. The van der Waals surface area contributed by atoms with Crippen LogP contribution in [0.15, 0.2) is 65.3 Å². The standard InChI is InChI=1S/C17H12N8S/c1-24-9-12(8-20-24)15-4-5-16-21-22-17(25(16)23-15)26-13-2-3-14-11(6-13)7-18-10-19-14/h2-10H,1H3. The predicted molar refractivity (Wildman–Crippen MR) is 96.6 cm³/mol. The van der Waals surface area contributed by atoms with Crippen molar-refractivity contribution in [1.82, 2.24) is 39.6 Å². The number of hydrogen-bond donors (Lipinski definition) is 0. The summed E-state index contributed by atoms with van der Waals surface area (Å²) in [6.07, 6.45) is 7.06. The molecule has 4 aromatic heterocycles. The molecule has 0 unspecified atom stereocenters. The second kappa shape index (κ2) is 5.88. The van der Waals surface area contributed by atoms with Crippen LogP contribution in [0.4, 0.5) is 0 Å². The third-order valence-corrected chi connectivity index (χ3v) is 4.85. The van der Waals surface area contributed by atoms with Crippen molar-refractivity contribution in [1.29, 1.82) is 0 Å². The van der Waals surface area contributed by atoms with E-state index in [0.29, 0.717) is 10.8 Å². The first kappa shape index (κ1) is 15.0. The summed E-state index contributed by atoms with van der Waals surface area (Å²) in [5, 5.41) is 19.0. The van der Waals surface area contributed by atoms with Crippen LogP contribution >= 0.6 is 11.8 Å². The molecule has 9 heteroatoms. The Morgan fingerprint density at radius 2 is 2.00 bits per heavy atom. The normalized spacial score (nSPS) is 11.4. The second-order valence-corrected chi connectivity index (χ2v) is 6.76. The highest BCUT2D eigenvalue weighted by molar-refractivity contribution is 7.99. The Kier molecular flexibility index (Phi) is 3.39. The van der Waals surface area contributed by atoms with Gasteiger partial charge in [-0.15, -0.1) is 10.2 Å². The van der Waals surface area contributed by atoms with Gasteiger partial charge in [0, 0.05) is 35.3 Å². The molecule has 0 aliphatic carbocycles. The van der Waals surface area contributed by atoms with E-state index >= 15 is 0 Å². The molecule has 0 aliphatic rings. The van der Waals surface area contributed by atoms with Crippen LogP contribution in [0.2, 0.25) is 0 Å². The number of aromatic nitrogens is 8. The zero-order valence-electron chi connectivity index (χ0n) is 13.7. The van der Waals surface area contributed by atoms with Crippen molar-refractivity contribution < 1.29 is 0 Å². The summed E-state index contributed by atoms with van der Waals surface area (Å²) in [7, 11) is 1.88. The summed E-state index contributed by atoms with van der Waals surface area (Å²) in [6, 6.07) is 9.83. The van der Waals surface area contributed by atoms with E-state index in [1.807, 2.05) is 43.6 Å². The molecule has 0 aliphatic heterocycles. The highest BCUT2D eigenvalue weighted by Gasteiger charge is 2.11. The molecule has 0 fully saturated rings. The van der Waals surface area contributed by atoms with Gasteiger partial charge in [0.15, 0.2) is 5.65 Å². The first-order valence-electron chi connectivity index (χ1n) is 7.85. The van der Waals surface area contributed by atoms with Crippen LogP contribution in [-0.2, 0) is 7.05 Å². The van der Waals surface area contributed by atoms with Gasteiger partial charge in [0.05, 0.1) is 17.4 Å². The smallest absolute Gasteiger partial charge is 0.217 e. The lowest BCUT2D eigenvalue weighted by Crippen LogP contribution is -1.96. The van der Waals surface area contributed by atoms with Crippen molar-refractivity contribution in [2.45, 2.75) is 10.1 Å². The third-order valence-electron chi connectivity index (χ3n) is 3.92. The van der Waals surface area contributed by atoms with Crippen molar-refractivity contribution in [2.24, 2.45) is 7.05 Å². The van der Waals surface area contributed by atoms with Gasteiger partial charge in [0.25, 0.3) is 0 Å². The van der Waals surface area contributed by atoms with Gasteiger partial charge in [-0.2, -0.15) is 14.7 Å². The Morgan fingerprint density at radius 1 is 1.04 bits per heavy atom. The van der Waals surface area contributed by atoms with Gasteiger partial charge in [-0.05, 0) is 42.1 Å². The number of nitrogens with zero attached hydrogens (tertiary/aromatic N) is 8. The van der Waals surface area contributed by atoms with Crippen molar-refractivity contribution in [3.63, 3.8) is 0 Å². The molecular formula is C17H12N8S. The van der Waals surface area contributed by atoms with E-state index in [4.69, 9.17) is 0 Å². The van der Waals surface area contributed by atoms with Gasteiger partial charge in [-0.25, -0.2) is 9.97 Å². The van der Waals surface area contributed by atoms with Crippen LogP contribution < -0.4 is 0 Å². The highest BCUT2D eigenvalue weighted by Crippen LogP contribution is 2.28. The number of hydrogen-bond acceptors (Lipinski definition) is 7. The number of rotatable bonds is 3. The fourth-order valence-electron chi connectivity index (χ4n) is 2.67. The van der Waals surface area contributed by atoms with Crippen LogP contribution in [0, 0.1) is 0 Å². The molecule has 126 valence electrons. The fraction of sp³-hybridized carbons (Fsp3) is 0.0588. The molecule has 0 N–H and O–H groups in total. The lowest BCUT2D eigenvalue weighted by Gasteiger charge is -2.03. The number of benzene rings is 1. The maximum atomic E-state index is 4.67. The van der Waals surface area contributed by atoms with E-state index < -0.39 is 0 Å². The summed E-state index contributed by atoms with van der Waals surface area (Å²) in [5.41, 5.74) is 3.37. The summed E-state index contributed by atoms with van der Waals surface area (Å²) in [4.78, 5) is 9.34. The van der Waals surface area contributed by atoms with E-state index in [2.05, 4.69) is 30.4 Å². The predicted octanol–water partition coefficient (Wildman–Crippen LogP) is 2.62. The zero-order chi connectivity index (χ0) is 17.5. The van der Waals surface area contributed by atoms with Crippen LogP contribution in [0.5, 0.6) is 0 Å². The molecule has 0 radical (unpaired) electrons. The molecule has 5 rings (SSSR count). The summed E-state index contributed by atoms with van der Waals surface area (Å²) in [6.45, 7) is 0. The number of aryl methyl sites for hydroxylation is 1. The van der Waals surface area contributed by atoms with Gasteiger partial charge in [-0.3, -0.25) is 4.68 Å². The summed E-state index contributed by atoms with van der Waals surface area (Å²) in [5.74, 6) is 0. The fourth-order valence-corrected chi connectivity index (χ4v) is 3.51. The molecule has 0 spiro atoms. The van der Waals surface area contributed by atoms with E-state index in [9.17, 15) is 0 Å². The SMILES string of the molecule is Cn1cc(-c2ccc3nnc(Sc4ccc5ncncc5c4)n3n2)cn1. The van der Waals surface area contributed by atoms with Crippen LogP contribution in [0.25, 0.3) is 27.8 Å². The average molecular weight is 360 g/mol. The van der Waals surface area contributed by atoms with Gasteiger partial charge in [0.1, 0.15) is 6.33 Å². The van der Waals surface area contributed by atoms with E-state index in [1.54, 1.807) is 27.9 Å². The van der Waals surface area contributed by atoms with Gasteiger partial charge in [-0.1, -0.05) is 0 Å². The minimum absolute atomic E-state index is 0.696. The molecule has 8 nitrogen and oxygen atoms in total. The van der Waals surface area contributed by atoms with Gasteiger partial charge in [0.2, 0.25) is 5.16 Å². The van der Waals surface area contributed by atoms with Crippen molar-refractivity contribution in [3.8, 4) is 11.3 Å². The molecule has 26 heavy (non-hydrogen) atoms. The Morgan fingerprint density at radius 3 is 2.88 bits per heavy atom. The van der Waals surface area contributed by atoms with Crippen molar-refractivity contribution in [3.05, 3.63) is 55.2 Å². The molecule has 1 aromatic carbocycles. The Balaban J connectivity index is 1.55. The summed E-state index contributed by atoms with van der Waals surface area (Å²) >= 11 is 1.50. The molecule has 5 aromatic rings. The van der Waals surface area contributed by atoms with E-state index in [-0.39, 0.29) is 0 Å². The Hall–Kier alpha value is -3.33. The van der Waals surface area contributed by atoms with Gasteiger partial charge >= 0.3 is 0 Å². The maximum Gasteiger partial charge on any atom is 0.217 e. The summed E-state index contributed by atoms with van der Waals surface area (Å²) < 4.78 is 3.50. The van der Waals surface area contributed by atoms with Crippen LogP contribution in [0.3, 0.4) is 0 Å². The van der Waals surface area contributed by atoms with E-state index in [1.165, 1.54) is 11.8 Å². The second-order valence-electron chi connectivity index (χ2n) is 5.72. The van der Waals surface area contributed by atoms with Crippen LogP contribution in [0.1, 0.15) is 0 Å². The van der Waals surface area contributed by atoms with Gasteiger partial charge < -0.3 is 0 Å². The Labute approximate surface area is 151 Å². The highest BCUT2D eigenvalue weighted by atomic mass is 32.2. The maximum absolute atomic E-state index is 4.67. The lowest BCUT2D eigenvalue weighted by molar-refractivity contribution is 0.767. The van der Waals surface area contributed by atoms with Crippen LogP contribution in [-0.4, -0.2) is 39.6 Å². The molecular weight excluding hydrogens is 348 g/mol. The zero-order valence-corrected chi connectivity index (χ0v) is 14.5. The Bertz CT molecular complexity index is 1240. The monoisotopic (exact) mass is 360 g/mol. The minimum Gasteiger partial charge on any atom is -0.275 e. The molecule has 0 saturated heterocycles.